The van der Waals surface area contributed by atoms with E-state index in [9.17, 15) is 17.6 Å². The van der Waals surface area contributed by atoms with Gasteiger partial charge in [-0.2, -0.15) is 5.10 Å². The number of imidazole rings is 1. The molecule has 0 radical (unpaired) electrons. The molecule has 0 atom stereocenters. The van der Waals surface area contributed by atoms with Crippen LogP contribution in [0.3, 0.4) is 0 Å². The smallest absolute Gasteiger partial charge is 0.224 e. The fourth-order valence-electron chi connectivity index (χ4n) is 4.87. The molecule has 0 aliphatic rings. The minimum absolute atomic E-state index is 0.0469. The predicted octanol–water partition coefficient (Wildman–Crippen LogP) is 5.16. The van der Waals surface area contributed by atoms with Crippen LogP contribution in [0.5, 0.6) is 0 Å². The molecular weight excluding hydrogens is 571 g/mol. The largest absolute Gasteiger partial charge is 0.325 e. The summed E-state index contributed by atoms with van der Waals surface area (Å²) in [5.74, 6) is -0.0998. The van der Waals surface area contributed by atoms with Crippen LogP contribution in [0.1, 0.15) is 25.3 Å². The molecule has 2 aromatic carbocycles. The zero-order chi connectivity index (χ0) is 30.1. The lowest BCUT2D eigenvalue weighted by Gasteiger charge is -2.08. The van der Waals surface area contributed by atoms with Gasteiger partial charge in [0.2, 0.25) is 15.9 Å². The molecule has 0 aliphatic heterocycles. The van der Waals surface area contributed by atoms with Gasteiger partial charge in [0.05, 0.1) is 23.7 Å². The first-order chi connectivity index (χ1) is 20.7. The number of fused-ring (bicyclic) bond motifs is 2. The van der Waals surface area contributed by atoms with Crippen LogP contribution in [0.25, 0.3) is 55.8 Å². The normalized spacial score (nSPS) is 11.8. The van der Waals surface area contributed by atoms with Crippen LogP contribution in [0.4, 0.5) is 10.1 Å². The molecule has 0 spiro atoms. The maximum atomic E-state index is 14.6. The lowest BCUT2D eigenvalue weighted by atomic mass is 10.0. The van der Waals surface area contributed by atoms with Gasteiger partial charge in [0.15, 0.2) is 11.5 Å². The molecule has 6 rings (SSSR count). The number of carbonyl (C=O) groups is 1. The van der Waals surface area contributed by atoms with Crippen molar-refractivity contribution in [2.45, 2.75) is 26.3 Å². The number of H-pyrrole nitrogens is 2. The van der Waals surface area contributed by atoms with Crippen molar-refractivity contribution < 1.29 is 17.6 Å². The topological polar surface area (TPSA) is 158 Å². The lowest BCUT2D eigenvalue weighted by molar-refractivity contribution is -0.116. The number of amides is 1. The Morgan fingerprint density at radius 2 is 1.88 bits per heavy atom. The van der Waals surface area contributed by atoms with Crippen LogP contribution < -0.4 is 10.0 Å². The van der Waals surface area contributed by atoms with E-state index in [2.05, 4.69) is 35.2 Å². The molecule has 0 aliphatic carbocycles. The first kappa shape index (κ1) is 28.1. The molecule has 6 aromatic rings. The van der Waals surface area contributed by atoms with Crippen molar-refractivity contribution in [3.63, 3.8) is 0 Å². The van der Waals surface area contributed by atoms with Gasteiger partial charge in [0, 0.05) is 41.9 Å². The van der Waals surface area contributed by atoms with Gasteiger partial charge >= 0.3 is 0 Å². The summed E-state index contributed by atoms with van der Waals surface area (Å²) < 4.78 is 40.1. The number of aromatic amines is 2. The second-order valence-electron chi connectivity index (χ2n) is 10.2. The number of nitrogens with zero attached hydrogens (tertiary/aromatic N) is 4. The molecule has 0 bridgehead atoms. The van der Waals surface area contributed by atoms with Crippen molar-refractivity contribution >= 4 is 43.7 Å². The fourth-order valence-corrected chi connectivity index (χ4v) is 5.30. The minimum Gasteiger partial charge on any atom is -0.325 e. The summed E-state index contributed by atoms with van der Waals surface area (Å²) in [6, 6.07) is 13.8. The van der Waals surface area contributed by atoms with E-state index in [1.54, 1.807) is 30.7 Å². The number of aromatic nitrogens is 6. The summed E-state index contributed by atoms with van der Waals surface area (Å²) >= 11 is 0. The SMILES string of the molecule is CCCC(=O)Nc1cncc(-c2ccc3[nH]nc(-c4nc5c(-c6cc(F)cc(CNS(C)(=O)=O)c6)ccnc5[nH]4)c3c2)c1. The zero-order valence-corrected chi connectivity index (χ0v) is 24.1. The highest BCUT2D eigenvalue weighted by Gasteiger charge is 2.17. The Labute approximate surface area is 246 Å². The zero-order valence-electron chi connectivity index (χ0n) is 23.3. The van der Waals surface area contributed by atoms with Crippen molar-refractivity contribution in [1.82, 2.24) is 34.9 Å². The summed E-state index contributed by atoms with van der Waals surface area (Å²) in [4.78, 5) is 28.8. The third-order valence-electron chi connectivity index (χ3n) is 6.81. The quantitative estimate of drug-likeness (QED) is 0.179. The van der Waals surface area contributed by atoms with Crippen molar-refractivity contribution in [2.24, 2.45) is 0 Å². The molecule has 0 saturated heterocycles. The number of benzene rings is 2. The molecule has 11 nitrogen and oxygen atoms in total. The molecule has 13 heteroatoms. The first-order valence-corrected chi connectivity index (χ1v) is 15.4. The molecule has 4 N–H and O–H groups in total. The van der Waals surface area contributed by atoms with Gasteiger partial charge in [0.25, 0.3) is 0 Å². The van der Waals surface area contributed by atoms with Crippen LogP contribution in [0.15, 0.2) is 67.1 Å². The molecular formula is C30H27FN8O3S. The number of carbonyl (C=O) groups excluding carboxylic acids is 1. The van der Waals surface area contributed by atoms with E-state index in [-0.39, 0.29) is 12.5 Å². The van der Waals surface area contributed by atoms with E-state index in [1.807, 2.05) is 31.2 Å². The van der Waals surface area contributed by atoms with Crippen molar-refractivity contribution in [3.05, 3.63) is 78.5 Å². The third kappa shape index (κ3) is 6.12. The molecule has 4 heterocycles. The maximum Gasteiger partial charge on any atom is 0.224 e. The van der Waals surface area contributed by atoms with Gasteiger partial charge in [-0.1, -0.05) is 13.0 Å². The van der Waals surface area contributed by atoms with Gasteiger partial charge in [0.1, 0.15) is 17.0 Å². The monoisotopic (exact) mass is 598 g/mol. The van der Waals surface area contributed by atoms with Crippen molar-refractivity contribution in [2.75, 3.05) is 11.6 Å². The summed E-state index contributed by atoms with van der Waals surface area (Å²) in [6.45, 7) is 1.90. The van der Waals surface area contributed by atoms with Crippen molar-refractivity contribution in [1.29, 1.82) is 0 Å². The summed E-state index contributed by atoms with van der Waals surface area (Å²) in [5.41, 5.74) is 6.30. The second kappa shape index (κ2) is 11.3. The Kier molecular flexibility index (Phi) is 7.42. The van der Waals surface area contributed by atoms with E-state index in [0.29, 0.717) is 51.5 Å². The first-order valence-electron chi connectivity index (χ1n) is 13.5. The number of halogens is 1. The number of hydrogen-bond acceptors (Lipinski definition) is 7. The number of sulfonamides is 1. The highest BCUT2D eigenvalue weighted by molar-refractivity contribution is 7.88. The van der Waals surface area contributed by atoms with Gasteiger partial charge in [-0.3, -0.25) is 14.9 Å². The van der Waals surface area contributed by atoms with Crippen LogP contribution >= 0.6 is 0 Å². The molecule has 4 aromatic heterocycles. The molecule has 1 amide bonds. The predicted molar refractivity (Wildman–Crippen MR) is 163 cm³/mol. The second-order valence-corrected chi connectivity index (χ2v) is 12.0. The molecule has 0 saturated carbocycles. The van der Waals surface area contributed by atoms with Gasteiger partial charge in [-0.15, -0.1) is 0 Å². The van der Waals surface area contributed by atoms with E-state index < -0.39 is 15.8 Å². The van der Waals surface area contributed by atoms with Gasteiger partial charge in [-0.25, -0.2) is 27.5 Å². The highest BCUT2D eigenvalue weighted by atomic mass is 32.2. The van der Waals surface area contributed by atoms with Crippen LogP contribution in [0.2, 0.25) is 0 Å². The molecule has 218 valence electrons. The van der Waals surface area contributed by atoms with Crippen LogP contribution in [-0.4, -0.2) is 50.7 Å². The number of anilines is 1. The number of nitrogens with one attached hydrogen (secondary N) is 4. The highest BCUT2D eigenvalue weighted by Crippen LogP contribution is 2.33. The van der Waals surface area contributed by atoms with E-state index in [4.69, 9.17) is 4.98 Å². The Balaban J connectivity index is 1.37. The summed E-state index contributed by atoms with van der Waals surface area (Å²) in [5, 5.41) is 11.2. The van der Waals surface area contributed by atoms with E-state index in [1.165, 1.54) is 12.1 Å². The number of hydrogen-bond donors (Lipinski definition) is 4. The molecule has 0 unspecified atom stereocenters. The lowest BCUT2D eigenvalue weighted by Crippen LogP contribution is -2.21. The standard InChI is InChI=1S/C30H27FN8O3S/c1-3-4-26(40)35-22-12-20(15-32-16-22)18-5-6-25-24(13-18)28(39-38-25)30-36-27-23(7-8-33-29(27)37-30)19-9-17(10-21(31)11-19)14-34-43(2,41)42/h5-13,15-16,34H,3-4,14H2,1-2H3,(H,35,40)(H,38,39)(H,33,36,37). The average Bonchev–Trinajstić information content (AvgIpc) is 3.59. The molecule has 43 heavy (non-hydrogen) atoms. The fraction of sp³-hybridized carbons (Fsp3) is 0.167. The Morgan fingerprint density at radius 1 is 1.02 bits per heavy atom. The summed E-state index contributed by atoms with van der Waals surface area (Å²) in [6.07, 6.45) is 7.18. The van der Waals surface area contributed by atoms with Gasteiger partial charge in [-0.05, 0) is 65.6 Å². The maximum absolute atomic E-state index is 14.6. The molecule has 0 fully saturated rings. The third-order valence-corrected chi connectivity index (χ3v) is 7.48. The number of rotatable bonds is 9. The average molecular weight is 599 g/mol. The Morgan fingerprint density at radius 3 is 2.70 bits per heavy atom. The minimum atomic E-state index is -3.45. The van der Waals surface area contributed by atoms with Crippen LogP contribution in [0, 0.1) is 5.82 Å². The Bertz CT molecular complexity index is 2110. The van der Waals surface area contributed by atoms with E-state index in [0.717, 1.165) is 34.7 Å². The van der Waals surface area contributed by atoms with Crippen molar-refractivity contribution in [3.8, 4) is 33.8 Å². The Hall–Kier alpha value is -5.01. The van der Waals surface area contributed by atoms with E-state index >= 15 is 0 Å². The summed E-state index contributed by atoms with van der Waals surface area (Å²) in [7, 11) is -3.45. The van der Waals surface area contributed by atoms with Crippen LogP contribution in [-0.2, 0) is 21.4 Å². The van der Waals surface area contributed by atoms with Gasteiger partial charge < -0.3 is 10.3 Å². The number of pyridine rings is 2.